The van der Waals surface area contributed by atoms with Gasteiger partial charge in [-0.1, -0.05) is 84.9 Å². The lowest BCUT2D eigenvalue weighted by Crippen LogP contribution is -2.00. The van der Waals surface area contributed by atoms with Crippen molar-refractivity contribution in [3.63, 3.8) is 0 Å². The summed E-state index contributed by atoms with van der Waals surface area (Å²) in [7, 11) is 0. The van der Waals surface area contributed by atoms with Gasteiger partial charge in [-0.15, -0.1) is 0 Å². The topological polar surface area (TPSA) is 67.9 Å². The zero-order chi connectivity index (χ0) is 26.9. The van der Waals surface area contributed by atoms with E-state index in [0.717, 1.165) is 61.6 Å². The number of fused-ring (bicyclic) bond motifs is 3. The molecule has 5 nitrogen and oxygen atoms in total. The highest BCUT2D eigenvalue weighted by molar-refractivity contribution is 6.15. The molecule has 0 aliphatic carbocycles. The van der Waals surface area contributed by atoms with Gasteiger partial charge < -0.3 is 16.4 Å². The third-order valence-electron chi connectivity index (χ3n) is 7.16. The molecule has 0 spiro atoms. The molecular formula is C35H27N5. The van der Waals surface area contributed by atoms with Crippen molar-refractivity contribution in [1.29, 1.82) is 0 Å². The lowest BCUT2D eigenvalue weighted by molar-refractivity contribution is 1.08. The number of rotatable bonds is 6. The molecule has 192 valence electrons. The zero-order valence-electron chi connectivity index (χ0n) is 21.8. The molecule has 7 aromatic rings. The number of nitrogens with one attached hydrogen (secondary N) is 2. The standard InChI is InChI=1S/C35H27N5/c36-26-15-5-6-16-28(26)37-29-17-7-8-18-30(29)38-31-20-10-22-33-35(31)25-14-4-9-21-32(25)40(33)34-23-11-19-27(39-34)24-12-2-1-3-13-24/h1-23,37-38H,36H2. The van der Waals surface area contributed by atoms with Gasteiger partial charge in [0, 0.05) is 22.0 Å². The first kappa shape index (κ1) is 23.6. The molecule has 0 aliphatic heterocycles. The average molecular weight is 518 g/mol. The monoisotopic (exact) mass is 517 g/mol. The van der Waals surface area contributed by atoms with Crippen LogP contribution in [0.2, 0.25) is 0 Å². The maximum atomic E-state index is 6.22. The molecule has 0 amide bonds. The average Bonchev–Trinajstić information content (AvgIpc) is 3.35. The van der Waals surface area contributed by atoms with Gasteiger partial charge in [0.25, 0.3) is 0 Å². The Labute approximate surface area is 232 Å². The normalized spacial score (nSPS) is 11.1. The number of hydrogen-bond acceptors (Lipinski definition) is 4. The minimum Gasteiger partial charge on any atom is -0.397 e. The Morgan fingerprint density at radius 2 is 1.10 bits per heavy atom. The molecule has 2 aromatic heterocycles. The van der Waals surface area contributed by atoms with E-state index >= 15 is 0 Å². The first-order chi connectivity index (χ1) is 19.8. The van der Waals surface area contributed by atoms with E-state index in [1.54, 1.807) is 0 Å². The van der Waals surface area contributed by atoms with Gasteiger partial charge in [0.05, 0.1) is 39.5 Å². The summed E-state index contributed by atoms with van der Waals surface area (Å²) >= 11 is 0. The number of anilines is 5. The molecule has 4 N–H and O–H groups in total. The number of nitrogens with zero attached hydrogens (tertiary/aromatic N) is 2. The van der Waals surface area contributed by atoms with E-state index in [-0.39, 0.29) is 0 Å². The van der Waals surface area contributed by atoms with Crippen LogP contribution in [0.5, 0.6) is 0 Å². The Balaban J connectivity index is 1.36. The molecule has 0 aliphatic rings. The number of pyridine rings is 1. The molecule has 0 radical (unpaired) electrons. The molecule has 5 aromatic carbocycles. The van der Waals surface area contributed by atoms with Crippen molar-refractivity contribution >= 4 is 50.2 Å². The minimum atomic E-state index is 0.702. The lowest BCUT2D eigenvalue weighted by atomic mass is 10.1. The molecule has 0 bridgehead atoms. The van der Waals surface area contributed by atoms with E-state index in [2.05, 4.69) is 100 Å². The van der Waals surface area contributed by atoms with Gasteiger partial charge in [-0.2, -0.15) is 0 Å². The molecule has 2 heterocycles. The fourth-order valence-corrected chi connectivity index (χ4v) is 5.29. The summed E-state index contributed by atoms with van der Waals surface area (Å²) < 4.78 is 2.25. The van der Waals surface area contributed by atoms with Gasteiger partial charge in [-0.25, -0.2) is 4.98 Å². The number of para-hydroxylation sites is 5. The molecule has 40 heavy (non-hydrogen) atoms. The summed E-state index contributed by atoms with van der Waals surface area (Å²) in [6, 6.07) is 47.3. The van der Waals surface area contributed by atoms with Crippen LogP contribution in [0, 0.1) is 0 Å². The van der Waals surface area contributed by atoms with Crippen molar-refractivity contribution in [2.75, 3.05) is 16.4 Å². The Morgan fingerprint density at radius 3 is 1.90 bits per heavy atom. The fourth-order valence-electron chi connectivity index (χ4n) is 5.29. The van der Waals surface area contributed by atoms with Gasteiger partial charge in [-0.05, 0) is 54.6 Å². The highest BCUT2D eigenvalue weighted by Crippen LogP contribution is 2.39. The van der Waals surface area contributed by atoms with Crippen LogP contribution in [0.4, 0.5) is 28.4 Å². The van der Waals surface area contributed by atoms with E-state index in [4.69, 9.17) is 10.7 Å². The molecule has 0 atom stereocenters. The largest absolute Gasteiger partial charge is 0.397 e. The Hall–Kier alpha value is -5.55. The summed E-state index contributed by atoms with van der Waals surface area (Å²) in [5, 5.41) is 9.50. The molecule has 0 unspecified atom stereocenters. The van der Waals surface area contributed by atoms with Crippen LogP contribution in [0.15, 0.2) is 140 Å². The van der Waals surface area contributed by atoms with Crippen molar-refractivity contribution in [1.82, 2.24) is 9.55 Å². The van der Waals surface area contributed by atoms with Gasteiger partial charge in [0.15, 0.2) is 0 Å². The van der Waals surface area contributed by atoms with E-state index in [1.807, 2.05) is 54.6 Å². The highest BCUT2D eigenvalue weighted by atomic mass is 15.1. The molecule has 5 heteroatoms. The van der Waals surface area contributed by atoms with Crippen LogP contribution >= 0.6 is 0 Å². The van der Waals surface area contributed by atoms with E-state index in [1.165, 1.54) is 0 Å². The Morgan fingerprint density at radius 1 is 0.500 bits per heavy atom. The van der Waals surface area contributed by atoms with Gasteiger partial charge in [-0.3, -0.25) is 4.57 Å². The number of hydrogen-bond donors (Lipinski definition) is 3. The fraction of sp³-hybridized carbons (Fsp3) is 0. The second-order valence-corrected chi connectivity index (χ2v) is 9.68. The van der Waals surface area contributed by atoms with Crippen LogP contribution in [0.25, 0.3) is 38.9 Å². The highest BCUT2D eigenvalue weighted by Gasteiger charge is 2.17. The molecule has 7 rings (SSSR count). The van der Waals surface area contributed by atoms with Gasteiger partial charge in [0.2, 0.25) is 0 Å². The molecule has 0 fully saturated rings. The Bertz CT molecular complexity index is 1970. The smallest absolute Gasteiger partial charge is 0.138 e. The number of benzene rings is 5. The van der Waals surface area contributed by atoms with Crippen molar-refractivity contribution < 1.29 is 0 Å². The van der Waals surface area contributed by atoms with Gasteiger partial charge in [0.1, 0.15) is 5.82 Å². The maximum absolute atomic E-state index is 6.22. The molecule has 0 saturated heterocycles. The third kappa shape index (κ3) is 4.20. The quantitative estimate of drug-likeness (QED) is 0.193. The van der Waals surface area contributed by atoms with Crippen LogP contribution in [0.1, 0.15) is 0 Å². The van der Waals surface area contributed by atoms with Crippen molar-refractivity contribution in [3.8, 4) is 17.1 Å². The minimum absolute atomic E-state index is 0.702. The summed E-state index contributed by atoms with van der Waals surface area (Å²) in [5.74, 6) is 0.881. The second kappa shape index (κ2) is 9.97. The van der Waals surface area contributed by atoms with Crippen LogP contribution in [-0.4, -0.2) is 9.55 Å². The first-order valence-electron chi connectivity index (χ1n) is 13.3. The van der Waals surface area contributed by atoms with Crippen molar-refractivity contribution in [2.45, 2.75) is 0 Å². The van der Waals surface area contributed by atoms with Crippen molar-refractivity contribution in [2.24, 2.45) is 0 Å². The molecular weight excluding hydrogens is 490 g/mol. The first-order valence-corrected chi connectivity index (χ1v) is 13.3. The summed E-state index contributed by atoms with van der Waals surface area (Å²) in [6.45, 7) is 0. The predicted octanol–water partition coefficient (Wildman–Crippen LogP) is 8.92. The maximum Gasteiger partial charge on any atom is 0.138 e. The number of aromatic nitrogens is 2. The predicted molar refractivity (Wildman–Crippen MR) is 168 cm³/mol. The zero-order valence-corrected chi connectivity index (χ0v) is 21.8. The second-order valence-electron chi connectivity index (χ2n) is 9.68. The number of nitrogens with two attached hydrogens (primary N) is 1. The van der Waals surface area contributed by atoms with Crippen LogP contribution < -0.4 is 16.4 Å². The Kier molecular flexibility index (Phi) is 5.87. The SMILES string of the molecule is Nc1ccccc1Nc1ccccc1Nc1cccc2c1c1ccccc1n2-c1cccc(-c2ccccc2)n1. The van der Waals surface area contributed by atoms with E-state index < -0.39 is 0 Å². The van der Waals surface area contributed by atoms with E-state index in [9.17, 15) is 0 Å². The number of nitrogen functional groups attached to an aromatic ring is 1. The van der Waals surface area contributed by atoms with Crippen LogP contribution in [-0.2, 0) is 0 Å². The van der Waals surface area contributed by atoms with Gasteiger partial charge >= 0.3 is 0 Å². The summed E-state index contributed by atoms with van der Waals surface area (Å²) in [6.07, 6.45) is 0. The molecule has 0 saturated carbocycles. The summed E-state index contributed by atoms with van der Waals surface area (Å²) in [5.41, 5.74) is 14.9. The lowest BCUT2D eigenvalue weighted by Gasteiger charge is -2.16. The van der Waals surface area contributed by atoms with Crippen LogP contribution in [0.3, 0.4) is 0 Å². The summed E-state index contributed by atoms with van der Waals surface area (Å²) in [4.78, 5) is 5.09. The van der Waals surface area contributed by atoms with Crippen molar-refractivity contribution in [3.05, 3.63) is 140 Å². The third-order valence-corrected chi connectivity index (χ3v) is 7.16. The van der Waals surface area contributed by atoms with E-state index in [0.29, 0.717) is 5.69 Å².